The number of aromatic nitrogens is 1. The maximum atomic E-state index is 11.6. The monoisotopic (exact) mass is 330 g/mol. The number of ether oxygens (including phenoxy) is 1. The molecular formula is C19H26N2O3. The zero-order valence-electron chi connectivity index (χ0n) is 14.3. The molecule has 5 nitrogen and oxygen atoms in total. The third-order valence-electron chi connectivity index (χ3n) is 3.73. The fraction of sp³-hybridized carbons (Fsp3) is 0.474. The summed E-state index contributed by atoms with van der Waals surface area (Å²) in [5.41, 5.74) is 2.16. The van der Waals surface area contributed by atoms with E-state index < -0.39 is 6.09 Å². The van der Waals surface area contributed by atoms with Crippen molar-refractivity contribution < 1.29 is 13.9 Å². The number of carbonyl (C=O) groups is 1. The first-order valence-corrected chi connectivity index (χ1v) is 8.65. The fourth-order valence-corrected chi connectivity index (χ4v) is 2.35. The molecular weight excluding hydrogens is 304 g/mol. The summed E-state index contributed by atoms with van der Waals surface area (Å²) in [6.07, 6.45) is 7.30. The van der Waals surface area contributed by atoms with E-state index in [1.54, 1.807) is 6.26 Å². The molecule has 0 fully saturated rings. The Balaban J connectivity index is 1.63. The van der Waals surface area contributed by atoms with Crippen LogP contribution in [0.5, 0.6) is 0 Å². The van der Waals surface area contributed by atoms with Gasteiger partial charge in [0.05, 0.1) is 18.8 Å². The Morgan fingerprint density at radius 2 is 2.00 bits per heavy atom. The summed E-state index contributed by atoms with van der Waals surface area (Å²) in [5, 5.41) is 2.66. The Hall–Kier alpha value is -2.30. The largest absolute Gasteiger partial charge is 0.450 e. The first-order valence-electron chi connectivity index (χ1n) is 8.65. The lowest BCUT2D eigenvalue weighted by Gasteiger charge is -2.05. The minimum Gasteiger partial charge on any atom is -0.450 e. The van der Waals surface area contributed by atoms with Crippen LogP contribution in [0.25, 0.3) is 0 Å². The van der Waals surface area contributed by atoms with Crippen LogP contribution >= 0.6 is 0 Å². The predicted molar refractivity (Wildman–Crippen MR) is 92.7 cm³/mol. The summed E-state index contributed by atoms with van der Waals surface area (Å²) in [6, 6.07) is 10.3. The summed E-state index contributed by atoms with van der Waals surface area (Å²) in [7, 11) is 0. The normalized spacial score (nSPS) is 10.5. The van der Waals surface area contributed by atoms with Gasteiger partial charge in [-0.2, -0.15) is 0 Å². The van der Waals surface area contributed by atoms with Crippen molar-refractivity contribution in [1.29, 1.82) is 0 Å². The van der Waals surface area contributed by atoms with Crippen LogP contribution in [0.2, 0.25) is 0 Å². The van der Waals surface area contributed by atoms with Crippen LogP contribution in [-0.4, -0.2) is 17.7 Å². The second kappa shape index (κ2) is 10.5. The van der Waals surface area contributed by atoms with Crippen molar-refractivity contribution in [2.24, 2.45) is 0 Å². The average molecular weight is 330 g/mol. The fourth-order valence-electron chi connectivity index (χ4n) is 2.35. The van der Waals surface area contributed by atoms with Crippen LogP contribution in [0.15, 0.2) is 41.0 Å². The Morgan fingerprint density at radius 1 is 1.17 bits per heavy atom. The van der Waals surface area contributed by atoms with Crippen LogP contribution < -0.4 is 5.32 Å². The van der Waals surface area contributed by atoms with Crippen molar-refractivity contribution in [3.05, 3.63) is 53.7 Å². The number of aryl methyl sites for hydroxylation is 2. The number of nitrogens with one attached hydrogen (secondary N) is 1. The Bertz CT molecular complexity index is 596. The Labute approximate surface area is 143 Å². The van der Waals surface area contributed by atoms with Crippen LogP contribution in [0.1, 0.15) is 49.8 Å². The second-order valence-electron chi connectivity index (χ2n) is 5.77. The molecule has 1 amide bonds. The van der Waals surface area contributed by atoms with Gasteiger partial charge in [-0.15, -0.1) is 0 Å². The van der Waals surface area contributed by atoms with E-state index in [0.717, 1.165) is 31.4 Å². The number of benzene rings is 1. The molecule has 0 atom stereocenters. The molecule has 0 aliphatic carbocycles. The number of carbonyl (C=O) groups excluding carboxylic acids is 1. The number of hydrogen-bond acceptors (Lipinski definition) is 4. The maximum Gasteiger partial charge on any atom is 0.407 e. The number of amides is 1. The van der Waals surface area contributed by atoms with E-state index in [4.69, 9.17) is 9.15 Å². The molecule has 24 heavy (non-hydrogen) atoms. The molecule has 1 N–H and O–H groups in total. The van der Waals surface area contributed by atoms with Gasteiger partial charge in [0.2, 0.25) is 5.89 Å². The molecule has 0 saturated carbocycles. The van der Waals surface area contributed by atoms with Gasteiger partial charge < -0.3 is 14.5 Å². The van der Waals surface area contributed by atoms with E-state index in [-0.39, 0.29) is 6.54 Å². The molecule has 0 aliphatic rings. The van der Waals surface area contributed by atoms with Crippen molar-refractivity contribution in [2.45, 2.75) is 52.0 Å². The predicted octanol–water partition coefficient (Wildman–Crippen LogP) is 4.27. The van der Waals surface area contributed by atoms with Crippen molar-refractivity contribution >= 4 is 6.09 Å². The zero-order chi connectivity index (χ0) is 17.0. The summed E-state index contributed by atoms with van der Waals surface area (Å²) < 4.78 is 10.5. The van der Waals surface area contributed by atoms with Crippen LogP contribution in [0.3, 0.4) is 0 Å². The molecule has 2 aromatic rings. The van der Waals surface area contributed by atoms with Crippen LogP contribution in [0.4, 0.5) is 4.79 Å². The first kappa shape index (κ1) is 18.0. The Morgan fingerprint density at radius 3 is 2.79 bits per heavy atom. The molecule has 0 aliphatic heterocycles. The van der Waals surface area contributed by atoms with E-state index >= 15 is 0 Å². The smallest absolute Gasteiger partial charge is 0.407 e. The summed E-state index contributed by atoms with van der Waals surface area (Å²) in [6.45, 7) is 2.86. The van der Waals surface area contributed by atoms with Crippen molar-refractivity contribution in [2.75, 3.05) is 6.61 Å². The molecule has 0 bridgehead atoms. The van der Waals surface area contributed by atoms with Crippen molar-refractivity contribution in [3.63, 3.8) is 0 Å². The van der Waals surface area contributed by atoms with Crippen LogP contribution in [0, 0.1) is 0 Å². The van der Waals surface area contributed by atoms with Gasteiger partial charge in [0.25, 0.3) is 0 Å². The molecule has 0 unspecified atom stereocenters. The summed E-state index contributed by atoms with van der Waals surface area (Å²) >= 11 is 0. The lowest BCUT2D eigenvalue weighted by molar-refractivity contribution is 0.142. The molecule has 1 aromatic carbocycles. The van der Waals surface area contributed by atoms with Crippen LogP contribution in [-0.2, 0) is 24.1 Å². The lowest BCUT2D eigenvalue weighted by Crippen LogP contribution is -2.24. The highest BCUT2D eigenvalue weighted by molar-refractivity contribution is 5.66. The minimum atomic E-state index is -0.421. The van der Waals surface area contributed by atoms with Gasteiger partial charge in [0.1, 0.15) is 6.26 Å². The second-order valence-corrected chi connectivity index (χ2v) is 5.77. The van der Waals surface area contributed by atoms with E-state index in [0.29, 0.717) is 12.5 Å². The third-order valence-corrected chi connectivity index (χ3v) is 3.73. The molecule has 5 heteroatoms. The zero-order valence-corrected chi connectivity index (χ0v) is 14.3. The molecule has 130 valence electrons. The van der Waals surface area contributed by atoms with Gasteiger partial charge in [-0.25, -0.2) is 9.78 Å². The van der Waals surface area contributed by atoms with E-state index in [2.05, 4.69) is 29.4 Å². The highest BCUT2D eigenvalue weighted by atomic mass is 16.5. The SMILES string of the molecule is CCCCCCOC(=O)NCc1nc(CCc2ccccc2)co1. The topological polar surface area (TPSA) is 64.4 Å². The highest BCUT2D eigenvalue weighted by Gasteiger charge is 2.07. The van der Waals surface area contributed by atoms with Gasteiger partial charge >= 0.3 is 6.09 Å². The molecule has 2 rings (SSSR count). The van der Waals surface area contributed by atoms with Crippen molar-refractivity contribution in [1.82, 2.24) is 10.3 Å². The number of alkyl carbamates (subject to hydrolysis) is 1. The molecule has 1 heterocycles. The molecule has 0 saturated heterocycles. The standard InChI is InChI=1S/C19H26N2O3/c1-2-3-4-8-13-23-19(22)20-14-18-21-17(15-24-18)12-11-16-9-6-5-7-10-16/h5-7,9-10,15H,2-4,8,11-14H2,1H3,(H,20,22). The van der Waals surface area contributed by atoms with Gasteiger partial charge in [0, 0.05) is 0 Å². The number of rotatable bonds is 10. The van der Waals surface area contributed by atoms with E-state index in [9.17, 15) is 4.79 Å². The third kappa shape index (κ3) is 6.86. The molecule has 1 aromatic heterocycles. The first-order chi connectivity index (χ1) is 11.8. The molecule has 0 spiro atoms. The maximum absolute atomic E-state index is 11.6. The molecule has 0 radical (unpaired) electrons. The van der Waals surface area contributed by atoms with E-state index in [1.165, 1.54) is 18.4 Å². The van der Waals surface area contributed by atoms with Gasteiger partial charge in [-0.1, -0.05) is 56.5 Å². The van der Waals surface area contributed by atoms with Gasteiger partial charge in [-0.05, 0) is 24.8 Å². The minimum absolute atomic E-state index is 0.249. The van der Waals surface area contributed by atoms with Gasteiger partial charge in [0.15, 0.2) is 0 Å². The number of hydrogen-bond donors (Lipinski definition) is 1. The number of unbranched alkanes of at least 4 members (excludes halogenated alkanes) is 3. The lowest BCUT2D eigenvalue weighted by atomic mass is 10.1. The summed E-state index contributed by atoms with van der Waals surface area (Å²) in [4.78, 5) is 15.9. The van der Waals surface area contributed by atoms with Gasteiger partial charge in [-0.3, -0.25) is 0 Å². The highest BCUT2D eigenvalue weighted by Crippen LogP contribution is 2.08. The van der Waals surface area contributed by atoms with Crippen molar-refractivity contribution in [3.8, 4) is 0 Å². The summed E-state index contributed by atoms with van der Waals surface area (Å²) in [5.74, 6) is 0.501. The number of oxazole rings is 1. The quantitative estimate of drug-likeness (QED) is 0.661. The van der Waals surface area contributed by atoms with E-state index in [1.807, 2.05) is 18.2 Å². The number of nitrogens with zero attached hydrogens (tertiary/aromatic N) is 1. The average Bonchev–Trinajstić information content (AvgIpc) is 3.07. The Kier molecular flexibility index (Phi) is 7.87.